The zero-order valence-corrected chi connectivity index (χ0v) is 18.9. The number of likely N-dealkylation sites (tertiary alicyclic amines) is 1. The molecule has 6 heteroatoms. The molecular formula is C25H32N4OS. The van der Waals surface area contributed by atoms with Crippen LogP contribution in [0.4, 0.5) is 0 Å². The summed E-state index contributed by atoms with van der Waals surface area (Å²) in [6, 6.07) is 8.83. The molecule has 31 heavy (non-hydrogen) atoms. The predicted octanol–water partition coefficient (Wildman–Crippen LogP) is 5.31. The maximum atomic E-state index is 13.5. The molecule has 0 bridgehead atoms. The van der Waals surface area contributed by atoms with Crippen molar-refractivity contribution in [3.63, 3.8) is 0 Å². The van der Waals surface area contributed by atoms with Crippen LogP contribution in [0.1, 0.15) is 61.0 Å². The quantitative estimate of drug-likeness (QED) is 0.570. The van der Waals surface area contributed by atoms with Crippen LogP contribution in [0.25, 0.3) is 10.2 Å². The van der Waals surface area contributed by atoms with Crippen LogP contribution in [0.5, 0.6) is 0 Å². The van der Waals surface area contributed by atoms with Gasteiger partial charge in [-0.2, -0.15) is 0 Å². The van der Waals surface area contributed by atoms with Gasteiger partial charge < -0.3 is 14.8 Å². The van der Waals surface area contributed by atoms with Crippen LogP contribution in [0, 0.1) is 5.92 Å². The molecule has 1 unspecified atom stereocenters. The van der Waals surface area contributed by atoms with E-state index in [1.807, 2.05) is 29.3 Å². The lowest BCUT2D eigenvalue weighted by molar-refractivity contribution is 0.0580. The molecule has 1 saturated heterocycles. The summed E-state index contributed by atoms with van der Waals surface area (Å²) in [5, 5.41) is 2.06. The minimum Gasteiger partial charge on any atom is -0.350 e. The molecular weight excluding hydrogens is 404 g/mol. The summed E-state index contributed by atoms with van der Waals surface area (Å²) in [5.74, 6) is 0.634. The molecule has 3 aromatic heterocycles. The zero-order valence-electron chi connectivity index (χ0n) is 18.1. The molecule has 1 saturated carbocycles. The molecule has 1 amide bonds. The molecule has 0 radical (unpaired) electrons. The summed E-state index contributed by atoms with van der Waals surface area (Å²) in [4.78, 5) is 25.9. The number of carbonyl (C=O) groups is 1. The molecule has 164 valence electrons. The first-order valence-corrected chi connectivity index (χ1v) is 12.6. The number of pyridine rings is 1. The fourth-order valence-corrected chi connectivity index (χ4v) is 6.18. The van der Waals surface area contributed by atoms with E-state index in [4.69, 9.17) is 0 Å². The van der Waals surface area contributed by atoms with Crippen LogP contribution in [-0.2, 0) is 6.54 Å². The number of nitrogens with one attached hydrogen (secondary N) is 1. The van der Waals surface area contributed by atoms with Gasteiger partial charge in [-0.25, -0.2) is 0 Å². The van der Waals surface area contributed by atoms with Gasteiger partial charge in [-0.15, -0.1) is 11.3 Å². The number of nitrogens with zero attached hydrogens (tertiary/aromatic N) is 3. The number of rotatable bonds is 6. The Balaban J connectivity index is 1.32. The topological polar surface area (TPSA) is 52.2 Å². The summed E-state index contributed by atoms with van der Waals surface area (Å²) in [5.41, 5.74) is 2.84. The van der Waals surface area contributed by atoms with Crippen LogP contribution in [0.15, 0.2) is 42.0 Å². The number of hydrogen-bond donors (Lipinski definition) is 1. The number of fused-ring (bicyclic) bond motifs is 1. The summed E-state index contributed by atoms with van der Waals surface area (Å²) < 4.78 is 1.14. The number of H-pyrrole nitrogens is 1. The third kappa shape index (κ3) is 4.85. The summed E-state index contributed by atoms with van der Waals surface area (Å²) in [6.45, 7) is 3.77. The number of hydrogen-bond acceptors (Lipinski definition) is 4. The van der Waals surface area contributed by atoms with Crippen molar-refractivity contribution < 1.29 is 4.79 Å². The second-order valence-electron chi connectivity index (χ2n) is 9.22. The first-order chi connectivity index (χ1) is 15.3. The Morgan fingerprint density at radius 2 is 2.10 bits per heavy atom. The number of thiophene rings is 1. The first kappa shape index (κ1) is 20.7. The van der Waals surface area contributed by atoms with Gasteiger partial charge in [0, 0.05) is 38.1 Å². The fourth-order valence-electron chi connectivity index (χ4n) is 5.40. The Hall–Kier alpha value is -2.18. The van der Waals surface area contributed by atoms with Crippen molar-refractivity contribution >= 4 is 27.5 Å². The number of piperidine rings is 1. The summed E-state index contributed by atoms with van der Waals surface area (Å²) in [7, 11) is 0. The molecule has 1 aliphatic carbocycles. The molecule has 0 aromatic carbocycles. The highest BCUT2D eigenvalue weighted by Crippen LogP contribution is 2.28. The maximum Gasteiger partial charge on any atom is 0.270 e. The van der Waals surface area contributed by atoms with E-state index in [0.717, 1.165) is 34.9 Å². The molecule has 2 aliphatic rings. The van der Waals surface area contributed by atoms with E-state index in [1.54, 1.807) is 17.5 Å². The van der Waals surface area contributed by atoms with Crippen molar-refractivity contribution in [1.82, 2.24) is 19.8 Å². The highest BCUT2D eigenvalue weighted by molar-refractivity contribution is 7.17. The average molecular weight is 437 g/mol. The van der Waals surface area contributed by atoms with Gasteiger partial charge >= 0.3 is 0 Å². The van der Waals surface area contributed by atoms with E-state index in [9.17, 15) is 4.79 Å². The molecule has 1 atom stereocenters. The third-order valence-electron chi connectivity index (χ3n) is 6.97. The molecule has 5 nitrogen and oxygen atoms in total. The Labute approximate surface area is 188 Å². The van der Waals surface area contributed by atoms with E-state index in [2.05, 4.69) is 26.3 Å². The maximum absolute atomic E-state index is 13.5. The average Bonchev–Trinajstić information content (AvgIpc) is 3.42. The fraction of sp³-hybridized carbons (Fsp3) is 0.520. The Kier molecular flexibility index (Phi) is 6.37. The lowest BCUT2D eigenvalue weighted by Gasteiger charge is -2.41. The Bertz CT molecular complexity index is 963. The van der Waals surface area contributed by atoms with Crippen molar-refractivity contribution in [2.45, 2.75) is 57.5 Å². The van der Waals surface area contributed by atoms with Gasteiger partial charge in [0.15, 0.2) is 0 Å². The first-order valence-electron chi connectivity index (χ1n) is 11.7. The molecule has 1 N–H and O–H groups in total. The van der Waals surface area contributed by atoms with Crippen molar-refractivity contribution in [2.24, 2.45) is 5.92 Å². The lowest BCUT2D eigenvalue weighted by Crippen LogP contribution is -2.47. The van der Waals surface area contributed by atoms with E-state index >= 15 is 0 Å². The van der Waals surface area contributed by atoms with E-state index in [0.29, 0.717) is 18.2 Å². The molecule has 1 aliphatic heterocycles. The smallest absolute Gasteiger partial charge is 0.270 e. The second-order valence-corrected chi connectivity index (χ2v) is 10.2. The SMILES string of the molecule is O=C(c1cc2sccc2[nH]1)N(Cc1cccnc1)CC1CCCN(C2CCCCC2)C1. The van der Waals surface area contributed by atoms with E-state index in [1.165, 1.54) is 51.5 Å². The Morgan fingerprint density at radius 3 is 2.90 bits per heavy atom. The lowest BCUT2D eigenvalue weighted by atomic mass is 9.90. The molecule has 3 aromatic rings. The van der Waals surface area contributed by atoms with E-state index < -0.39 is 0 Å². The van der Waals surface area contributed by atoms with Gasteiger partial charge in [0.25, 0.3) is 5.91 Å². The standard InChI is InChI=1S/C25H32N4OS/c30-25(23-14-24-22(27-23)10-13-31-24)29(16-19-6-4-11-26-15-19)18-20-7-5-12-28(17-20)21-8-2-1-3-9-21/h4,6,10-11,13-15,20-21,27H,1-3,5,7-9,12,16-18H2. The van der Waals surface area contributed by atoms with Crippen LogP contribution in [-0.4, -0.2) is 51.4 Å². The number of aromatic amines is 1. The minimum absolute atomic E-state index is 0.0991. The normalized spacial score (nSPS) is 20.8. The van der Waals surface area contributed by atoms with Gasteiger partial charge in [-0.05, 0) is 67.3 Å². The van der Waals surface area contributed by atoms with Gasteiger partial charge in [-0.1, -0.05) is 25.3 Å². The molecule has 5 rings (SSSR count). The number of aromatic nitrogens is 2. The van der Waals surface area contributed by atoms with Crippen LogP contribution in [0.2, 0.25) is 0 Å². The highest BCUT2D eigenvalue weighted by Gasteiger charge is 2.29. The van der Waals surface area contributed by atoms with Crippen LogP contribution in [0.3, 0.4) is 0 Å². The van der Waals surface area contributed by atoms with Gasteiger partial charge in [0.1, 0.15) is 5.69 Å². The molecule has 4 heterocycles. The molecule has 0 spiro atoms. The monoisotopic (exact) mass is 436 g/mol. The van der Waals surface area contributed by atoms with Crippen molar-refractivity contribution in [3.8, 4) is 0 Å². The summed E-state index contributed by atoms with van der Waals surface area (Å²) >= 11 is 1.67. The number of amides is 1. The van der Waals surface area contributed by atoms with Gasteiger partial charge in [-0.3, -0.25) is 9.78 Å². The Morgan fingerprint density at radius 1 is 1.19 bits per heavy atom. The van der Waals surface area contributed by atoms with Gasteiger partial charge in [0.05, 0.1) is 10.2 Å². The molecule has 2 fully saturated rings. The minimum atomic E-state index is 0.0991. The summed E-state index contributed by atoms with van der Waals surface area (Å²) in [6.07, 6.45) is 13.0. The largest absolute Gasteiger partial charge is 0.350 e. The van der Waals surface area contributed by atoms with Crippen molar-refractivity contribution in [3.05, 3.63) is 53.3 Å². The predicted molar refractivity (Wildman–Crippen MR) is 126 cm³/mol. The van der Waals surface area contributed by atoms with Crippen molar-refractivity contribution in [1.29, 1.82) is 0 Å². The second kappa shape index (κ2) is 9.53. The zero-order chi connectivity index (χ0) is 21.0. The van der Waals surface area contributed by atoms with Gasteiger partial charge in [0.2, 0.25) is 0 Å². The third-order valence-corrected chi connectivity index (χ3v) is 7.84. The van der Waals surface area contributed by atoms with Crippen LogP contribution < -0.4 is 0 Å². The van der Waals surface area contributed by atoms with Crippen LogP contribution >= 0.6 is 11.3 Å². The highest BCUT2D eigenvalue weighted by atomic mass is 32.1. The van der Waals surface area contributed by atoms with Crippen molar-refractivity contribution in [2.75, 3.05) is 19.6 Å². The van der Waals surface area contributed by atoms with E-state index in [-0.39, 0.29) is 5.91 Å². The number of carbonyl (C=O) groups excluding carboxylic acids is 1.